The maximum Gasteiger partial charge on any atom is 0.327 e. The van der Waals surface area contributed by atoms with Crippen molar-refractivity contribution < 1.29 is 14.4 Å². The van der Waals surface area contributed by atoms with Gasteiger partial charge < -0.3 is 15.5 Å². The summed E-state index contributed by atoms with van der Waals surface area (Å²) in [6.45, 7) is 0. The zero-order valence-corrected chi connectivity index (χ0v) is 7.89. The van der Waals surface area contributed by atoms with Crippen molar-refractivity contribution in [2.75, 3.05) is 6.16 Å². The highest BCUT2D eigenvalue weighted by Crippen LogP contribution is 2.38. The first-order valence-corrected chi connectivity index (χ1v) is 5.64. The van der Waals surface area contributed by atoms with Gasteiger partial charge >= 0.3 is 7.60 Å². The Kier molecular flexibility index (Phi) is 3.22. The average Bonchev–Trinajstić information content (AvgIpc) is 2.03. The van der Waals surface area contributed by atoms with Gasteiger partial charge in [-0.15, -0.1) is 0 Å². The zero-order valence-electron chi connectivity index (χ0n) is 7.00. The highest BCUT2D eigenvalue weighted by atomic mass is 31.2. The third-order valence-corrected chi connectivity index (χ3v) is 2.53. The lowest BCUT2D eigenvalue weighted by Gasteiger charge is -2.12. The fourth-order valence-electron chi connectivity index (χ4n) is 1.06. The molecule has 0 bridgehead atoms. The molecular formula is C8H12NO3P. The van der Waals surface area contributed by atoms with Crippen LogP contribution in [0.1, 0.15) is 11.6 Å². The SMILES string of the molecule is N[C@@H](CP(=O)(O)O)c1ccccc1. The van der Waals surface area contributed by atoms with E-state index >= 15 is 0 Å². The summed E-state index contributed by atoms with van der Waals surface area (Å²) >= 11 is 0. The third kappa shape index (κ3) is 3.70. The number of rotatable bonds is 3. The molecule has 0 fully saturated rings. The van der Waals surface area contributed by atoms with E-state index in [1.807, 2.05) is 6.07 Å². The standard InChI is InChI=1S/C8H12NO3P/c9-8(6-13(10,11)12)7-4-2-1-3-5-7/h1-5,8H,6,9H2,(H2,10,11,12)/t8-/m0/s1. The number of hydrogen-bond donors (Lipinski definition) is 3. The van der Waals surface area contributed by atoms with Crippen LogP contribution in [0.4, 0.5) is 0 Å². The van der Waals surface area contributed by atoms with Crippen molar-refractivity contribution in [3.63, 3.8) is 0 Å². The van der Waals surface area contributed by atoms with Crippen LogP contribution in [0, 0.1) is 0 Å². The van der Waals surface area contributed by atoms with Gasteiger partial charge in [-0.05, 0) is 5.56 Å². The summed E-state index contributed by atoms with van der Waals surface area (Å²) in [5.74, 6) is 0. The first-order valence-electron chi connectivity index (χ1n) is 3.84. The second kappa shape index (κ2) is 4.03. The average molecular weight is 201 g/mol. The molecule has 0 aliphatic rings. The van der Waals surface area contributed by atoms with Crippen LogP contribution in [0.15, 0.2) is 30.3 Å². The van der Waals surface area contributed by atoms with Crippen molar-refractivity contribution in [2.24, 2.45) is 5.73 Å². The smallest absolute Gasteiger partial charge is 0.324 e. The van der Waals surface area contributed by atoms with Gasteiger partial charge in [-0.3, -0.25) is 4.57 Å². The van der Waals surface area contributed by atoms with Crippen LogP contribution >= 0.6 is 7.60 Å². The van der Waals surface area contributed by atoms with E-state index in [1.54, 1.807) is 24.3 Å². The lowest BCUT2D eigenvalue weighted by molar-refractivity contribution is 0.369. The minimum absolute atomic E-state index is 0.309. The van der Waals surface area contributed by atoms with E-state index in [9.17, 15) is 4.57 Å². The molecule has 1 rings (SSSR count). The zero-order chi connectivity index (χ0) is 9.90. The van der Waals surface area contributed by atoms with Gasteiger partial charge in [-0.2, -0.15) is 0 Å². The van der Waals surface area contributed by atoms with Gasteiger partial charge in [0, 0.05) is 6.04 Å². The molecule has 4 N–H and O–H groups in total. The number of nitrogens with two attached hydrogens (primary N) is 1. The van der Waals surface area contributed by atoms with Crippen LogP contribution in [0.2, 0.25) is 0 Å². The van der Waals surface area contributed by atoms with Crippen molar-refractivity contribution in [2.45, 2.75) is 6.04 Å². The van der Waals surface area contributed by atoms with Gasteiger partial charge in [0.25, 0.3) is 0 Å². The maximum atomic E-state index is 10.6. The second-order valence-electron chi connectivity index (χ2n) is 2.86. The molecule has 5 heteroatoms. The van der Waals surface area contributed by atoms with E-state index in [-0.39, 0.29) is 6.16 Å². The van der Waals surface area contributed by atoms with Crippen molar-refractivity contribution >= 4 is 7.60 Å². The van der Waals surface area contributed by atoms with Crippen LogP contribution in [-0.4, -0.2) is 15.9 Å². The molecule has 0 aliphatic heterocycles. The summed E-state index contributed by atoms with van der Waals surface area (Å²) in [6.07, 6.45) is -0.309. The molecule has 0 amide bonds. The predicted octanol–water partition coefficient (Wildman–Crippen LogP) is 0.864. The Balaban J connectivity index is 2.70. The third-order valence-electron chi connectivity index (χ3n) is 1.66. The lowest BCUT2D eigenvalue weighted by Crippen LogP contribution is -2.14. The molecular weight excluding hydrogens is 189 g/mol. The predicted molar refractivity (Wildman–Crippen MR) is 50.3 cm³/mol. The Bertz CT molecular complexity index is 308. The first kappa shape index (κ1) is 10.4. The number of hydrogen-bond acceptors (Lipinski definition) is 2. The molecule has 4 nitrogen and oxygen atoms in total. The Morgan fingerprint density at radius 2 is 1.85 bits per heavy atom. The van der Waals surface area contributed by atoms with E-state index in [1.165, 1.54) is 0 Å². The van der Waals surface area contributed by atoms with Crippen LogP contribution in [0.5, 0.6) is 0 Å². The summed E-state index contributed by atoms with van der Waals surface area (Å²) in [7, 11) is -4.01. The molecule has 72 valence electrons. The molecule has 0 aliphatic carbocycles. The van der Waals surface area contributed by atoms with E-state index in [4.69, 9.17) is 15.5 Å². The largest absolute Gasteiger partial charge is 0.327 e. The molecule has 0 aromatic heterocycles. The van der Waals surface area contributed by atoms with E-state index < -0.39 is 13.6 Å². The van der Waals surface area contributed by atoms with Gasteiger partial charge in [0.2, 0.25) is 0 Å². The molecule has 13 heavy (non-hydrogen) atoms. The highest BCUT2D eigenvalue weighted by Gasteiger charge is 2.19. The second-order valence-corrected chi connectivity index (χ2v) is 4.56. The Labute approximate surface area is 76.6 Å². The molecule has 1 atom stereocenters. The lowest BCUT2D eigenvalue weighted by atomic mass is 10.1. The fraction of sp³-hybridized carbons (Fsp3) is 0.250. The summed E-state index contributed by atoms with van der Waals surface area (Å²) < 4.78 is 10.6. The van der Waals surface area contributed by atoms with Crippen LogP contribution in [-0.2, 0) is 4.57 Å². The Morgan fingerprint density at radius 3 is 2.31 bits per heavy atom. The summed E-state index contributed by atoms with van der Waals surface area (Å²) in [5.41, 5.74) is 6.33. The molecule has 0 heterocycles. The van der Waals surface area contributed by atoms with Crippen LogP contribution in [0.3, 0.4) is 0 Å². The minimum Gasteiger partial charge on any atom is -0.324 e. The summed E-state index contributed by atoms with van der Waals surface area (Å²) in [4.78, 5) is 17.4. The van der Waals surface area contributed by atoms with E-state index in [2.05, 4.69) is 0 Å². The Hall–Kier alpha value is -0.670. The minimum atomic E-state index is -4.01. The molecule has 1 aromatic carbocycles. The van der Waals surface area contributed by atoms with Gasteiger partial charge in [0.1, 0.15) is 0 Å². The molecule has 0 unspecified atom stereocenters. The summed E-state index contributed by atoms with van der Waals surface area (Å²) in [6, 6.07) is 8.31. The molecule has 0 saturated heterocycles. The maximum absolute atomic E-state index is 10.6. The van der Waals surface area contributed by atoms with Crippen molar-refractivity contribution in [3.05, 3.63) is 35.9 Å². The van der Waals surface area contributed by atoms with Crippen molar-refractivity contribution in [3.8, 4) is 0 Å². The molecule has 0 radical (unpaired) electrons. The molecule has 1 aromatic rings. The van der Waals surface area contributed by atoms with Gasteiger partial charge in [-0.25, -0.2) is 0 Å². The van der Waals surface area contributed by atoms with Crippen molar-refractivity contribution in [1.82, 2.24) is 0 Å². The topological polar surface area (TPSA) is 83.6 Å². The number of benzene rings is 1. The molecule has 0 saturated carbocycles. The van der Waals surface area contributed by atoms with Crippen LogP contribution in [0.25, 0.3) is 0 Å². The van der Waals surface area contributed by atoms with Crippen molar-refractivity contribution in [1.29, 1.82) is 0 Å². The highest BCUT2D eigenvalue weighted by molar-refractivity contribution is 7.51. The van der Waals surface area contributed by atoms with Gasteiger partial charge in [0.05, 0.1) is 6.16 Å². The first-order chi connectivity index (χ1) is 5.99. The quantitative estimate of drug-likeness (QED) is 0.633. The fourth-order valence-corrected chi connectivity index (χ4v) is 1.79. The van der Waals surface area contributed by atoms with E-state index in [0.717, 1.165) is 5.56 Å². The normalized spacial score (nSPS) is 14.1. The Morgan fingerprint density at radius 1 is 1.31 bits per heavy atom. The summed E-state index contributed by atoms with van der Waals surface area (Å²) in [5, 5.41) is 0. The van der Waals surface area contributed by atoms with Crippen LogP contribution < -0.4 is 5.73 Å². The molecule has 0 spiro atoms. The van der Waals surface area contributed by atoms with Gasteiger partial charge in [0.15, 0.2) is 0 Å². The van der Waals surface area contributed by atoms with Gasteiger partial charge in [-0.1, -0.05) is 30.3 Å². The monoisotopic (exact) mass is 201 g/mol. The van der Waals surface area contributed by atoms with E-state index in [0.29, 0.717) is 0 Å².